The molecule has 0 atom stereocenters. The first-order chi connectivity index (χ1) is 8.59. The molecule has 0 aliphatic heterocycles. The van der Waals surface area contributed by atoms with E-state index >= 15 is 0 Å². The van der Waals surface area contributed by atoms with Crippen LogP contribution in [-0.2, 0) is 6.42 Å². The Kier molecular flexibility index (Phi) is 3.56. The Morgan fingerprint density at radius 2 is 1.44 bits per heavy atom. The summed E-state index contributed by atoms with van der Waals surface area (Å²) in [6.45, 7) is 4.34. The number of anilines is 2. The fourth-order valence-electron chi connectivity index (χ4n) is 2.39. The van der Waals surface area contributed by atoms with Gasteiger partial charge < -0.3 is 11.5 Å². The van der Waals surface area contributed by atoms with Crippen LogP contribution in [0.4, 0.5) is 11.4 Å². The molecule has 18 heavy (non-hydrogen) atoms. The second-order valence-corrected chi connectivity index (χ2v) is 4.95. The summed E-state index contributed by atoms with van der Waals surface area (Å²) >= 11 is 0. The van der Waals surface area contributed by atoms with E-state index in [9.17, 15) is 0 Å². The second-order valence-electron chi connectivity index (χ2n) is 4.95. The minimum absolute atomic E-state index is 0.422. The van der Waals surface area contributed by atoms with E-state index in [1.54, 1.807) is 0 Å². The van der Waals surface area contributed by atoms with E-state index in [1.807, 2.05) is 30.3 Å². The molecular formula is C16H20N2. The molecule has 0 spiro atoms. The van der Waals surface area contributed by atoms with E-state index in [0.29, 0.717) is 5.92 Å². The number of hydrogen-bond donors (Lipinski definition) is 2. The van der Waals surface area contributed by atoms with Crippen molar-refractivity contribution in [3.05, 3.63) is 59.2 Å². The van der Waals surface area contributed by atoms with Gasteiger partial charge in [-0.1, -0.05) is 44.2 Å². The van der Waals surface area contributed by atoms with Crippen LogP contribution in [-0.4, -0.2) is 0 Å². The molecule has 0 aromatic heterocycles. The standard InChI is InChI=1S/C16H20N2/c1-11(2)16-13(7-5-9-15(16)18)10-12-6-3-4-8-14(12)17/h3-9,11H,10,17-18H2,1-2H3. The Labute approximate surface area is 109 Å². The molecule has 94 valence electrons. The highest BCUT2D eigenvalue weighted by atomic mass is 14.6. The lowest BCUT2D eigenvalue weighted by Gasteiger charge is -2.16. The lowest BCUT2D eigenvalue weighted by Crippen LogP contribution is -2.04. The van der Waals surface area contributed by atoms with Gasteiger partial charge >= 0.3 is 0 Å². The Balaban J connectivity index is 2.41. The van der Waals surface area contributed by atoms with Crippen molar-refractivity contribution >= 4 is 11.4 Å². The maximum absolute atomic E-state index is 6.08. The zero-order chi connectivity index (χ0) is 13.1. The summed E-state index contributed by atoms with van der Waals surface area (Å²) in [6, 6.07) is 14.1. The molecule has 0 aliphatic rings. The summed E-state index contributed by atoms with van der Waals surface area (Å²) in [7, 11) is 0. The smallest absolute Gasteiger partial charge is 0.0352 e. The van der Waals surface area contributed by atoms with Crippen LogP contribution in [0.5, 0.6) is 0 Å². The van der Waals surface area contributed by atoms with Crippen molar-refractivity contribution in [3.63, 3.8) is 0 Å². The van der Waals surface area contributed by atoms with Crippen molar-refractivity contribution in [2.24, 2.45) is 0 Å². The quantitative estimate of drug-likeness (QED) is 0.806. The van der Waals surface area contributed by atoms with Crippen LogP contribution in [0.3, 0.4) is 0 Å². The largest absolute Gasteiger partial charge is 0.398 e. The van der Waals surface area contributed by atoms with E-state index in [0.717, 1.165) is 23.4 Å². The average molecular weight is 240 g/mol. The number of benzene rings is 2. The highest BCUT2D eigenvalue weighted by Crippen LogP contribution is 2.28. The number of nitrogen functional groups attached to an aromatic ring is 2. The third kappa shape index (κ3) is 2.48. The molecule has 2 heteroatoms. The topological polar surface area (TPSA) is 52.0 Å². The van der Waals surface area contributed by atoms with Gasteiger partial charge in [0.15, 0.2) is 0 Å². The minimum atomic E-state index is 0.422. The molecule has 0 fully saturated rings. The van der Waals surface area contributed by atoms with Crippen molar-refractivity contribution in [3.8, 4) is 0 Å². The van der Waals surface area contributed by atoms with Crippen LogP contribution in [0.15, 0.2) is 42.5 Å². The Morgan fingerprint density at radius 1 is 0.833 bits per heavy atom. The van der Waals surface area contributed by atoms with E-state index < -0.39 is 0 Å². The molecule has 0 saturated carbocycles. The summed E-state index contributed by atoms with van der Waals surface area (Å²) < 4.78 is 0. The molecule has 2 aromatic carbocycles. The first-order valence-electron chi connectivity index (χ1n) is 6.30. The SMILES string of the molecule is CC(C)c1c(N)cccc1Cc1ccccc1N. The minimum Gasteiger partial charge on any atom is -0.398 e. The summed E-state index contributed by atoms with van der Waals surface area (Å²) in [6.07, 6.45) is 0.839. The van der Waals surface area contributed by atoms with E-state index in [4.69, 9.17) is 11.5 Å². The number of nitrogens with two attached hydrogens (primary N) is 2. The maximum atomic E-state index is 6.08. The van der Waals surface area contributed by atoms with Crippen molar-refractivity contribution in [2.45, 2.75) is 26.2 Å². The normalized spacial score (nSPS) is 10.8. The molecule has 2 nitrogen and oxygen atoms in total. The summed E-state index contributed by atoms with van der Waals surface area (Å²) in [4.78, 5) is 0. The molecule has 4 N–H and O–H groups in total. The van der Waals surface area contributed by atoms with Crippen molar-refractivity contribution < 1.29 is 0 Å². The van der Waals surface area contributed by atoms with Gasteiger partial charge in [0.2, 0.25) is 0 Å². The first-order valence-corrected chi connectivity index (χ1v) is 6.30. The van der Waals surface area contributed by atoms with Gasteiger partial charge in [-0.3, -0.25) is 0 Å². The molecule has 0 radical (unpaired) electrons. The Bertz CT molecular complexity index is 545. The molecule has 0 heterocycles. The van der Waals surface area contributed by atoms with Gasteiger partial charge in [-0.2, -0.15) is 0 Å². The van der Waals surface area contributed by atoms with E-state index in [-0.39, 0.29) is 0 Å². The van der Waals surface area contributed by atoms with Crippen molar-refractivity contribution in [2.75, 3.05) is 11.5 Å². The van der Waals surface area contributed by atoms with Gasteiger partial charge in [-0.05, 0) is 41.2 Å². The fraction of sp³-hybridized carbons (Fsp3) is 0.250. The van der Waals surface area contributed by atoms with Crippen LogP contribution in [0.1, 0.15) is 36.5 Å². The monoisotopic (exact) mass is 240 g/mol. The van der Waals surface area contributed by atoms with Crippen LogP contribution in [0.25, 0.3) is 0 Å². The second kappa shape index (κ2) is 5.13. The lowest BCUT2D eigenvalue weighted by molar-refractivity contribution is 0.852. The van der Waals surface area contributed by atoms with Crippen LogP contribution in [0.2, 0.25) is 0 Å². The van der Waals surface area contributed by atoms with Crippen LogP contribution >= 0.6 is 0 Å². The average Bonchev–Trinajstić information content (AvgIpc) is 2.31. The molecular weight excluding hydrogens is 220 g/mol. The third-order valence-corrected chi connectivity index (χ3v) is 3.24. The Hall–Kier alpha value is -1.96. The van der Waals surface area contributed by atoms with Gasteiger partial charge in [0.05, 0.1) is 0 Å². The van der Waals surface area contributed by atoms with Gasteiger partial charge in [0.25, 0.3) is 0 Å². The zero-order valence-electron chi connectivity index (χ0n) is 11.0. The molecule has 2 aromatic rings. The first kappa shape index (κ1) is 12.5. The van der Waals surface area contributed by atoms with Gasteiger partial charge in [-0.15, -0.1) is 0 Å². The van der Waals surface area contributed by atoms with Gasteiger partial charge in [-0.25, -0.2) is 0 Å². The Morgan fingerprint density at radius 3 is 2.11 bits per heavy atom. The summed E-state index contributed by atoms with van der Waals surface area (Å²) in [5, 5.41) is 0. The summed E-state index contributed by atoms with van der Waals surface area (Å²) in [5.74, 6) is 0.422. The fourth-order valence-corrected chi connectivity index (χ4v) is 2.39. The predicted octanol–water partition coefficient (Wildman–Crippen LogP) is 3.57. The number of para-hydroxylation sites is 1. The predicted molar refractivity (Wildman–Crippen MR) is 78.6 cm³/mol. The highest BCUT2D eigenvalue weighted by molar-refractivity contribution is 5.56. The molecule has 0 unspecified atom stereocenters. The van der Waals surface area contributed by atoms with Crippen molar-refractivity contribution in [1.29, 1.82) is 0 Å². The highest BCUT2D eigenvalue weighted by Gasteiger charge is 2.11. The third-order valence-electron chi connectivity index (χ3n) is 3.24. The van der Waals surface area contributed by atoms with E-state index in [2.05, 4.69) is 26.0 Å². The van der Waals surface area contributed by atoms with Crippen molar-refractivity contribution in [1.82, 2.24) is 0 Å². The molecule has 0 bridgehead atoms. The van der Waals surface area contributed by atoms with Gasteiger partial charge in [0.1, 0.15) is 0 Å². The lowest BCUT2D eigenvalue weighted by atomic mass is 9.91. The molecule has 0 aliphatic carbocycles. The molecule has 0 amide bonds. The number of hydrogen-bond acceptors (Lipinski definition) is 2. The van der Waals surface area contributed by atoms with Crippen LogP contribution < -0.4 is 11.5 Å². The maximum Gasteiger partial charge on any atom is 0.0352 e. The summed E-state index contributed by atoms with van der Waals surface area (Å²) in [5.41, 5.74) is 17.5. The van der Waals surface area contributed by atoms with Gasteiger partial charge in [0, 0.05) is 11.4 Å². The zero-order valence-corrected chi connectivity index (χ0v) is 11.0. The molecule has 0 saturated heterocycles. The number of rotatable bonds is 3. The van der Waals surface area contributed by atoms with E-state index in [1.165, 1.54) is 11.1 Å². The molecule has 2 rings (SSSR count). The van der Waals surface area contributed by atoms with Crippen LogP contribution in [0, 0.1) is 0 Å².